The Morgan fingerprint density at radius 1 is 1.39 bits per heavy atom. The summed E-state index contributed by atoms with van der Waals surface area (Å²) in [7, 11) is 1.61. The average Bonchev–Trinajstić information content (AvgIpc) is 3.13. The summed E-state index contributed by atoms with van der Waals surface area (Å²) >= 11 is 1.44. The smallest absolute Gasteiger partial charge is 0.433 e. The Bertz CT molecular complexity index is 1150. The molecule has 0 amide bonds. The van der Waals surface area contributed by atoms with E-state index in [2.05, 4.69) is 27.1 Å². The van der Waals surface area contributed by atoms with Gasteiger partial charge in [0.25, 0.3) is 5.56 Å². The third kappa shape index (κ3) is 5.27. The number of hydrogen-bond donors (Lipinski definition) is 1. The molecule has 0 aromatic carbocycles. The molecule has 0 spiro atoms. The Labute approximate surface area is 192 Å². The number of carbonyl (C=O) groups is 1. The Balaban J connectivity index is 2.13. The fourth-order valence-electron chi connectivity index (χ4n) is 3.23. The first-order chi connectivity index (χ1) is 15.6. The number of ether oxygens (including phenoxy) is 1. The fraction of sp³-hybridized carbons (Fsp3) is 0.600. The predicted octanol–water partition coefficient (Wildman–Crippen LogP) is 1.89. The van der Waals surface area contributed by atoms with E-state index >= 15 is 0 Å². The van der Waals surface area contributed by atoms with Crippen LogP contribution in [0.2, 0.25) is 0 Å². The number of halogens is 3. The van der Waals surface area contributed by atoms with Crippen molar-refractivity contribution >= 4 is 34.8 Å². The fourth-order valence-corrected chi connectivity index (χ4v) is 4.14. The molecule has 9 nitrogen and oxygen atoms in total. The molecule has 3 rings (SSSR count). The first-order valence-corrected chi connectivity index (χ1v) is 11.2. The normalized spacial score (nSPS) is 17.5. The maximum Gasteiger partial charge on any atom is 0.491 e. The minimum absolute atomic E-state index is 0.0367. The molecule has 1 aliphatic heterocycles. The van der Waals surface area contributed by atoms with E-state index in [-0.39, 0.29) is 47.6 Å². The first-order valence-electron chi connectivity index (χ1n) is 10.4. The molecule has 2 atom stereocenters. The summed E-state index contributed by atoms with van der Waals surface area (Å²) in [5.74, 6) is 3.49. The van der Waals surface area contributed by atoms with E-state index in [1.165, 1.54) is 25.8 Å². The highest BCUT2D eigenvalue weighted by molar-refractivity contribution is 7.99. The molecule has 0 bridgehead atoms. The Morgan fingerprint density at radius 2 is 2.12 bits per heavy atom. The molecule has 1 N–H and O–H groups in total. The van der Waals surface area contributed by atoms with Gasteiger partial charge >= 0.3 is 12.1 Å². The van der Waals surface area contributed by atoms with Crippen molar-refractivity contribution in [1.82, 2.24) is 24.4 Å². The molecular weight excluding hydrogens is 461 g/mol. The van der Waals surface area contributed by atoms with Crippen LogP contribution in [0.1, 0.15) is 27.2 Å². The van der Waals surface area contributed by atoms with Gasteiger partial charge in [0.2, 0.25) is 5.95 Å². The Morgan fingerprint density at radius 3 is 2.76 bits per heavy atom. The first kappa shape index (κ1) is 24.9. The zero-order valence-corrected chi connectivity index (χ0v) is 19.5. The van der Waals surface area contributed by atoms with Crippen LogP contribution in [-0.2, 0) is 23.1 Å². The van der Waals surface area contributed by atoms with Gasteiger partial charge in [0.1, 0.15) is 0 Å². The molecule has 33 heavy (non-hydrogen) atoms. The molecule has 2 aromatic heterocycles. The Hall–Kier alpha value is -2.72. The van der Waals surface area contributed by atoms with Crippen LogP contribution in [0.25, 0.3) is 11.2 Å². The van der Waals surface area contributed by atoms with Crippen LogP contribution < -0.4 is 15.8 Å². The summed E-state index contributed by atoms with van der Waals surface area (Å²) < 4.78 is 46.1. The number of alkyl halides is 3. The van der Waals surface area contributed by atoms with Crippen LogP contribution in [0.15, 0.2) is 9.95 Å². The molecule has 13 heteroatoms. The van der Waals surface area contributed by atoms with E-state index in [9.17, 15) is 22.8 Å². The summed E-state index contributed by atoms with van der Waals surface area (Å²) in [6.45, 7) is 6.33. The lowest BCUT2D eigenvalue weighted by Gasteiger charge is -2.36. The van der Waals surface area contributed by atoms with Crippen LogP contribution in [-0.4, -0.2) is 62.4 Å². The number of fused-ring (bicyclic) bond motifs is 1. The van der Waals surface area contributed by atoms with Crippen LogP contribution in [0.3, 0.4) is 0 Å². The van der Waals surface area contributed by atoms with Gasteiger partial charge < -0.3 is 15.0 Å². The predicted molar refractivity (Wildman–Crippen MR) is 118 cm³/mol. The van der Waals surface area contributed by atoms with Gasteiger partial charge in [-0.15, -0.1) is 5.92 Å². The monoisotopic (exact) mass is 486 g/mol. The number of hydrogen-bond acceptors (Lipinski definition) is 8. The lowest BCUT2D eigenvalue weighted by Crippen LogP contribution is -2.55. The van der Waals surface area contributed by atoms with Gasteiger partial charge in [0.05, 0.1) is 13.1 Å². The van der Waals surface area contributed by atoms with Gasteiger partial charge in [-0.05, 0) is 13.3 Å². The van der Waals surface area contributed by atoms with Crippen molar-refractivity contribution in [3.8, 4) is 11.8 Å². The number of aromatic nitrogens is 4. The van der Waals surface area contributed by atoms with E-state index < -0.39 is 18.4 Å². The second kappa shape index (κ2) is 10.0. The maximum absolute atomic E-state index is 13.2. The lowest BCUT2D eigenvalue weighted by atomic mass is 10.3. The van der Waals surface area contributed by atoms with Crippen LogP contribution >= 0.6 is 11.8 Å². The second-order valence-corrected chi connectivity index (χ2v) is 8.85. The third-order valence-corrected chi connectivity index (χ3v) is 6.46. The summed E-state index contributed by atoms with van der Waals surface area (Å²) in [4.78, 5) is 35.2. The minimum atomic E-state index is -5.13. The van der Waals surface area contributed by atoms with Crippen molar-refractivity contribution in [2.75, 3.05) is 24.5 Å². The van der Waals surface area contributed by atoms with Crippen molar-refractivity contribution in [1.29, 1.82) is 0 Å². The number of imidazole rings is 1. The Kier molecular flexibility index (Phi) is 7.58. The van der Waals surface area contributed by atoms with Crippen molar-refractivity contribution in [3.63, 3.8) is 0 Å². The van der Waals surface area contributed by atoms with Gasteiger partial charge in [-0.1, -0.05) is 31.5 Å². The number of esters is 1. The highest BCUT2D eigenvalue weighted by atomic mass is 32.2. The highest BCUT2D eigenvalue weighted by Gasteiger charge is 2.44. The van der Waals surface area contributed by atoms with Gasteiger partial charge in [-0.25, -0.2) is 9.78 Å². The zero-order valence-electron chi connectivity index (χ0n) is 18.7. The molecule has 180 valence electrons. The summed E-state index contributed by atoms with van der Waals surface area (Å²) in [5.41, 5.74) is 0.000783. The van der Waals surface area contributed by atoms with Gasteiger partial charge in [0.15, 0.2) is 22.5 Å². The van der Waals surface area contributed by atoms with E-state index in [0.29, 0.717) is 11.7 Å². The van der Waals surface area contributed by atoms with Crippen molar-refractivity contribution in [3.05, 3.63) is 10.4 Å². The number of piperazine rings is 1. The van der Waals surface area contributed by atoms with Gasteiger partial charge in [0, 0.05) is 25.4 Å². The summed E-state index contributed by atoms with van der Waals surface area (Å²) in [5, 5.41) is 3.61. The second-order valence-electron chi connectivity index (χ2n) is 7.45. The van der Waals surface area contributed by atoms with Crippen molar-refractivity contribution in [2.24, 2.45) is 7.05 Å². The summed E-state index contributed by atoms with van der Waals surface area (Å²) in [6.07, 6.45) is -5.52. The largest absolute Gasteiger partial charge is 0.491 e. The molecule has 1 fully saturated rings. The quantitative estimate of drug-likeness (QED) is 0.286. The average molecular weight is 487 g/mol. The molecule has 1 aliphatic rings. The standard InChI is InChI=1S/C20H25F3N6O3S/c1-5-7-9-29-14-15(26-19(27(4)16(14)30)33-12(3)6-2)25-18(29)28-10-8-24-11-13(28)32-17(31)20(21,22)23/h12-13,24H,6,8-11H2,1-4H3. The molecule has 0 saturated carbocycles. The molecule has 0 radical (unpaired) electrons. The number of thioether (sulfide) groups is 1. The molecule has 3 heterocycles. The summed E-state index contributed by atoms with van der Waals surface area (Å²) in [6, 6.07) is 0. The van der Waals surface area contributed by atoms with E-state index in [1.807, 2.05) is 13.8 Å². The van der Waals surface area contributed by atoms with Crippen molar-refractivity contribution < 1.29 is 22.7 Å². The number of nitrogens with one attached hydrogen (secondary N) is 1. The molecule has 1 saturated heterocycles. The van der Waals surface area contributed by atoms with Crippen LogP contribution in [0.5, 0.6) is 0 Å². The topological polar surface area (TPSA) is 94.3 Å². The number of carbonyl (C=O) groups excluding carboxylic acids is 1. The molecule has 2 unspecified atom stereocenters. The van der Waals surface area contributed by atoms with E-state index in [0.717, 1.165) is 6.42 Å². The molecular formula is C20H25F3N6O3S. The van der Waals surface area contributed by atoms with E-state index in [4.69, 9.17) is 4.74 Å². The lowest BCUT2D eigenvalue weighted by molar-refractivity contribution is -0.205. The van der Waals surface area contributed by atoms with Gasteiger partial charge in [-0.3, -0.25) is 13.9 Å². The zero-order chi connectivity index (χ0) is 24.3. The van der Waals surface area contributed by atoms with Crippen LogP contribution in [0, 0.1) is 11.8 Å². The van der Waals surface area contributed by atoms with Crippen molar-refractivity contribution in [2.45, 2.75) is 56.5 Å². The van der Waals surface area contributed by atoms with Crippen LogP contribution in [0.4, 0.5) is 19.1 Å². The minimum Gasteiger partial charge on any atom is -0.433 e. The molecule has 0 aliphatic carbocycles. The maximum atomic E-state index is 13.2. The van der Waals surface area contributed by atoms with Gasteiger partial charge in [-0.2, -0.15) is 18.2 Å². The third-order valence-electron chi connectivity index (χ3n) is 5.15. The van der Waals surface area contributed by atoms with E-state index in [1.54, 1.807) is 14.0 Å². The molecule has 2 aromatic rings. The number of rotatable bonds is 6. The SMILES string of the molecule is CC#CCn1c(N2CCNCC2OC(=O)C(F)(F)F)nc2nc(SC(C)CC)n(C)c(=O)c21. The number of anilines is 1. The number of nitrogens with zero attached hydrogens (tertiary/aromatic N) is 5. The highest BCUT2D eigenvalue weighted by Crippen LogP contribution is 2.27.